The Kier molecular flexibility index (Phi) is 9.40. The van der Waals surface area contributed by atoms with Crippen molar-refractivity contribution in [2.45, 2.75) is 19.1 Å². The lowest BCUT2D eigenvalue weighted by Crippen LogP contribution is -2.23. The zero-order valence-corrected chi connectivity index (χ0v) is 18.7. The van der Waals surface area contributed by atoms with Crippen LogP contribution in [0.3, 0.4) is 0 Å². The number of amides is 1. The monoisotopic (exact) mass is 468 g/mol. The molecule has 0 fully saturated rings. The van der Waals surface area contributed by atoms with Crippen LogP contribution in [0.5, 0.6) is 11.5 Å². The van der Waals surface area contributed by atoms with Crippen LogP contribution < -0.4 is 15.8 Å². The molecule has 0 saturated heterocycles. The van der Waals surface area contributed by atoms with Crippen molar-refractivity contribution in [2.75, 3.05) is 26.3 Å². The molecule has 0 aliphatic heterocycles. The first-order chi connectivity index (χ1) is 16.4. The van der Waals surface area contributed by atoms with Crippen molar-refractivity contribution in [1.29, 1.82) is 0 Å². The molecule has 0 heterocycles. The zero-order valence-electron chi connectivity index (χ0n) is 18.7. The number of phenols is 1. The lowest BCUT2D eigenvalue weighted by Gasteiger charge is -2.13. The lowest BCUT2D eigenvalue weighted by molar-refractivity contribution is 0.0887. The number of primary amides is 1. The Morgan fingerprint density at radius 2 is 1.82 bits per heavy atom. The van der Waals surface area contributed by atoms with Gasteiger partial charge in [-0.05, 0) is 66.1 Å². The number of aliphatic hydroxyl groups is 1. The largest absolute Gasteiger partial charge is 0.505 e. The molecule has 0 spiro atoms. The van der Waals surface area contributed by atoms with Gasteiger partial charge in [-0.2, -0.15) is 0 Å². The van der Waals surface area contributed by atoms with Crippen molar-refractivity contribution in [3.63, 3.8) is 0 Å². The number of halogens is 1. The molecule has 34 heavy (non-hydrogen) atoms. The summed E-state index contributed by atoms with van der Waals surface area (Å²) in [5.41, 5.74) is 8.12. The summed E-state index contributed by atoms with van der Waals surface area (Å²) < 4.78 is 24.7. The molecule has 0 unspecified atom stereocenters. The van der Waals surface area contributed by atoms with Crippen LogP contribution in [0.2, 0.25) is 0 Å². The van der Waals surface area contributed by atoms with Crippen LogP contribution in [0.1, 0.15) is 33.2 Å². The summed E-state index contributed by atoms with van der Waals surface area (Å²) in [5.74, 6) is -0.912. The third kappa shape index (κ3) is 7.84. The molecule has 0 radical (unpaired) electrons. The van der Waals surface area contributed by atoms with E-state index in [0.717, 1.165) is 29.4 Å². The van der Waals surface area contributed by atoms with Crippen LogP contribution in [-0.4, -0.2) is 42.4 Å². The van der Waals surface area contributed by atoms with Crippen LogP contribution in [0.15, 0.2) is 66.7 Å². The topological polar surface area (TPSA) is 114 Å². The third-order valence-electron chi connectivity index (χ3n) is 5.18. The summed E-state index contributed by atoms with van der Waals surface area (Å²) in [5, 5.41) is 22.5. The van der Waals surface area contributed by atoms with E-state index in [4.69, 9.17) is 15.2 Å². The molecule has 180 valence electrons. The first kappa shape index (κ1) is 25.2. The molecule has 0 aliphatic carbocycles. The van der Waals surface area contributed by atoms with Gasteiger partial charge in [0, 0.05) is 12.1 Å². The predicted molar refractivity (Wildman–Crippen MR) is 126 cm³/mol. The molecule has 0 aromatic heterocycles. The Balaban J connectivity index is 1.30. The maximum Gasteiger partial charge on any atom is 0.248 e. The second-order valence-electron chi connectivity index (χ2n) is 7.79. The molecule has 1 amide bonds. The maximum atomic E-state index is 13.4. The summed E-state index contributed by atoms with van der Waals surface area (Å²) in [6, 6.07) is 18.6. The Morgan fingerprint density at radius 1 is 1.03 bits per heavy atom. The Labute approximate surface area is 197 Å². The maximum absolute atomic E-state index is 13.4. The second-order valence-corrected chi connectivity index (χ2v) is 7.79. The number of rotatable bonds is 13. The Bertz CT molecular complexity index is 1080. The minimum atomic E-state index is -0.861. The molecule has 3 aromatic rings. The fraction of sp³-hybridized carbons (Fsp3) is 0.269. The number of aromatic hydroxyl groups is 1. The van der Waals surface area contributed by atoms with Crippen molar-refractivity contribution >= 4 is 5.91 Å². The standard InChI is InChI=1S/C26H29FN2O5/c27-23-15-20(6-9-24(23)30)25(31)16-29-11-10-18-4-7-22(8-5-18)34-13-12-33-17-19-2-1-3-21(14-19)26(28)32/h1-9,14-15,25,29-31H,10-13,16-17H2,(H2,28,32)/t25-/m1/s1. The van der Waals surface area contributed by atoms with Crippen molar-refractivity contribution in [1.82, 2.24) is 5.32 Å². The number of hydrogen-bond donors (Lipinski definition) is 4. The van der Waals surface area contributed by atoms with Gasteiger partial charge in [0.15, 0.2) is 11.6 Å². The van der Waals surface area contributed by atoms with Crippen LogP contribution in [-0.2, 0) is 17.8 Å². The molecule has 1 atom stereocenters. The van der Waals surface area contributed by atoms with E-state index < -0.39 is 23.6 Å². The lowest BCUT2D eigenvalue weighted by atomic mass is 10.1. The minimum absolute atomic E-state index is 0.276. The molecule has 8 heteroatoms. The first-order valence-electron chi connectivity index (χ1n) is 11.0. The number of nitrogens with two attached hydrogens (primary N) is 1. The van der Waals surface area contributed by atoms with Crippen LogP contribution in [0, 0.1) is 5.82 Å². The summed E-state index contributed by atoms with van der Waals surface area (Å²) in [6.07, 6.45) is -0.107. The average Bonchev–Trinajstić information content (AvgIpc) is 2.84. The number of carbonyl (C=O) groups excluding carboxylic acids is 1. The molecule has 0 bridgehead atoms. The molecular weight excluding hydrogens is 439 g/mol. The fourth-order valence-corrected chi connectivity index (χ4v) is 3.29. The highest BCUT2D eigenvalue weighted by Crippen LogP contribution is 2.20. The smallest absolute Gasteiger partial charge is 0.248 e. The number of ether oxygens (including phenoxy) is 2. The number of nitrogens with one attached hydrogen (secondary N) is 1. The van der Waals surface area contributed by atoms with Gasteiger partial charge in [0.05, 0.1) is 19.3 Å². The number of benzene rings is 3. The van der Waals surface area contributed by atoms with Gasteiger partial charge in [-0.1, -0.05) is 30.3 Å². The van der Waals surface area contributed by atoms with E-state index >= 15 is 0 Å². The van der Waals surface area contributed by atoms with Crippen LogP contribution in [0.4, 0.5) is 4.39 Å². The molecule has 7 nitrogen and oxygen atoms in total. The number of aliphatic hydroxyl groups excluding tert-OH is 1. The van der Waals surface area contributed by atoms with Gasteiger partial charge in [-0.15, -0.1) is 0 Å². The van der Waals surface area contributed by atoms with Crippen molar-refractivity contribution in [3.8, 4) is 11.5 Å². The summed E-state index contributed by atoms with van der Waals surface area (Å²) >= 11 is 0. The minimum Gasteiger partial charge on any atom is -0.505 e. The number of carbonyl (C=O) groups is 1. The predicted octanol–water partition coefficient (Wildman–Crippen LogP) is 3.09. The van der Waals surface area contributed by atoms with E-state index in [2.05, 4.69) is 5.32 Å². The molecule has 0 aliphatic rings. The molecule has 3 rings (SSSR count). The third-order valence-corrected chi connectivity index (χ3v) is 5.18. The second kappa shape index (κ2) is 12.7. The summed E-state index contributed by atoms with van der Waals surface area (Å²) in [6.45, 7) is 2.08. The summed E-state index contributed by atoms with van der Waals surface area (Å²) in [4.78, 5) is 11.2. The zero-order chi connectivity index (χ0) is 24.3. The SMILES string of the molecule is NC(=O)c1cccc(COCCOc2ccc(CCNC[C@@H](O)c3ccc(O)c(F)c3)cc2)c1. The van der Waals surface area contributed by atoms with Gasteiger partial charge in [-0.3, -0.25) is 4.79 Å². The van der Waals surface area contributed by atoms with E-state index in [9.17, 15) is 19.4 Å². The van der Waals surface area contributed by atoms with E-state index in [1.54, 1.807) is 18.2 Å². The average molecular weight is 469 g/mol. The Morgan fingerprint density at radius 3 is 2.56 bits per heavy atom. The van der Waals surface area contributed by atoms with Gasteiger partial charge in [-0.25, -0.2) is 4.39 Å². The van der Waals surface area contributed by atoms with Crippen molar-refractivity contribution < 1.29 is 28.9 Å². The van der Waals surface area contributed by atoms with Crippen LogP contribution in [0.25, 0.3) is 0 Å². The van der Waals surface area contributed by atoms with Gasteiger partial charge < -0.3 is 30.7 Å². The van der Waals surface area contributed by atoms with Crippen molar-refractivity contribution in [3.05, 3.63) is 94.8 Å². The van der Waals surface area contributed by atoms with Crippen molar-refractivity contribution in [2.24, 2.45) is 5.73 Å². The van der Waals surface area contributed by atoms with Gasteiger partial charge in [0.2, 0.25) is 5.91 Å². The molecule has 0 saturated carbocycles. The molecular formula is C26H29FN2O5. The highest BCUT2D eigenvalue weighted by atomic mass is 19.1. The first-order valence-corrected chi connectivity index (χ1v) is 11.0. The highest BCUT2D eigenvalue weighted by Gasteiger charge is 2.10. The number of phenolic OH excluding ortho intramolecular Hbond substituents is 1. The normalized spacial score (nSPS) is 11.8. The van der Waals surface area contributed by atoms with E-state index in [0.29, 0.717) is 37.5 Å². The van der Waals surface area contributed by atoms with Gasteiger partial charge in [0.25, 0.3) is 0 Å². The van der Waals surface area contributed by atoms with Gasteiger partial charge in [0.1, 0.15) is 12.4 Å². The van der Waals surface area contributed by atoms with Crippen LogP contribution >= 0.6 is 0 Å². The van der Waals surface area contributed by atoms with E-state index in [1.807, 2.05) is 30.3 Å². The van der Waals surface area contributed by atoms with E-state index in [-0.39, 0.29) is 6.54 Å². The van der Waals surface area contributed by atoms with Gasteiger partial charge >= 0.3 is 0 Å². The quantitative estimate of drug-likeness (QED) is 0.287. The van der Waals surface area contributed by atoms with E-state index in [1.165, 1.54) is 12.1 Å². The molecule has 3 aromatic carbocycles. The molecule has 5 N–H and O–H groups in total. The highest BCUT2D eigenvalue weighted by molar-refractivity contribution is 5.92. The number of hydrogen-bond acceptors (Lipinski definition) is 6. The fourth-order valence-electron chi connectivity index (χ4n) is 3.29. The summed E-state index contributed by atoms with van der Waals surface area (Å²) in [7, 11) is 0. The Hall–Kier alpha value is -3.46.